The van der Waals surface area contributed by atoms with Gasteiger partial charge < -0.3 is 5.32 Å². The minimum Gasteiger partial charge on any atom is -0.377 e. The molecule has 4 nitrogen and oxygen atoms in total. The highest BCUT2D eigenvalue weighted by Crippen LogP contribution is 2.36. The van der Waals surface area contributed by atoms with Crippen molar-refractivity contribution in [2.75, 3.05) is 18.9 Å². The Bertz CT molecular complexity index is 386. The lowest BCUT2D eigenvalue weighted by molar-refractivity contribution is 0.181. The van der Waals surface area contributed by atoms with E-state index >= 15 is 0 Å². The molecule has 0 radical (unpaired) electrons. The molecule has 0 bridgehead atoms. The molecule has 1 unspecified atom stereocenters. The maximum atomic E-state index is 4.28. The zero-order valence-corrected chi connectivity index (χ0v) is 11.9. The highest BCUT2D eigenvalue weighted by Gasteiger charge is 2.33. The molecule has 18 heavy (non-hydrogen) atoms. The van der Waals surface area contributed by atoms with Crippen molar-refractivity contribution in [1.29, 1.82) is 0 Å². The fourth-order valence-electron chi connectivity index (χ4n) is 3.62. The summed E-state index contributed by atoms with van der Waals surface area (Å²) >= 11 is 1.47. The Morgan fingerprint density at radius 1 is 1.28 bits per heavy atom. The van der Waals surface area contributed by atoms with E-state index in [-0.39, 0.29) is 0 Å². The molecule has 1 aromatic rings. The predicted molar refractivity (Wildman–Crippen MR) is 74.8 cm³/mol. The van der Waals surface area contributed by atoms with Crippen LogP contribution in [0.2, 0.25) is 0 Å². The Kier molecular flexibility index (Phi) is 3.80. The zero-order valence-electron chi connectivity index (χ0n) is 11.1. The van der Waals surface area contributed by atoms with Crippen molar-refractivity contribution >= 4 is 16.5 Å². The van der Waals surface area contributed by atoms with E-state index in [1.54, 1.807) is 0 Å². The standard InChI is InChI=1S/C13H22N4S/c1-14-13-11(15-16-18-13)9-17-8-4-7-12(17)10-5-2-3-6-10/h10,12,14H,2-9H2,1H3. The van der Waals surface area contributed by atoms with Gasteiger partial charge in [0.2, 0.25) is 0 Å². The number of anilines is 1. The van der Waals surface area contributed by atoms with Crippen LogP contribution in [0, 0.1) is 5.92 Å². The summed E-state index contributed by atoms with van der Waals surface area (Å²) in [5.41, 5.74) is 1.13. The van der Waals surface area contributed by atoms with Gasteiger partial charge in [0.25, 0.3) is 0 Å². The Hall–Kier alpha value is -0.680. The molecule has 2 aliphatic rings. The summed E-state index contributed by atoms with van der Waals surface area (Å²) in [6.45, 7) is 2.22. The minimum absolute atomic E-state index is 0.805. The second kappa shape index (κ2) is 5.53. The van der Waals surface area contributed by atoms with E-state index in [1.807, 2.05) is 7.05 Å². The second-order valence-electron chi connectivity index (χ2n) is 5.52. The van der Waals surface area contributed by atoms with Crippen molar-refractivity contribution in [2.45, 2.75) is 51.1 Å². The smallest absolute Gasteiger partial charge is 0.134 e. The van der Waals surface area contributed by atoms with Crippen molar-refractivity contribution in [3.8, 4) is 0 Å². The average molecular weight is 266 g/mol. The molecule has 1 saturated carbocycles. The molecule has 0 spiro atoms. The van der Waals surface area contributed by atoms with Crippen LogP contribution in [-0.2, 0) is 6.54 Å². The Morgan fingerprint density at radius 3 is 2.89 bits per heavy atom. The van der Waals surface area contributed by atoms with Crippen molar-refractivity contribution in [2.24, 2.45) is 5.92 Å². The molecule has 5 heteroatoms. The predicted octanol–water partition coefficient (Wildman–Crippen LogP) is 2.73. The van der Waals surface area contributed by atoms with Gasteiger partial charge in [-0.05, 0) is 38.1 Å². The van der Waals surface area contributed by atoms with Gasteiger partial charge >= 0.3 is 0 Å². The summed E-state index contributed by atoms with van der Waals surface area (Å²) in [6, 6.07) is 0.805. The van der Waals surface area contributed by atoms with E-state index in [0.29, 0.717) is 0 Å². The first-order valence-electron chi connectivity index (χ1n) is 7.11. The maximum Gasteiger partial charge on any atom is 0.134 e. The fraction of sp³-hybridized carbons (Fsp3) is 0.846. The third kappa shape index (κ3) is 2.38. The number of hydrogen-bond acceptors (Lipinski definition) is 5. The molecule has 2 fully saturated rings. The molecule has 2 heterocycles. The lowest BCUT2D eigenvalue weighted by Crippen LogP contribution is -2.34. The van der Waals surface area contributed by atoms with Crippen molar-refractivity contribution in [3.63, 3.8) is 0 Å². The molecule has 1 aliphatic heterocycles. The van der Waals surface area contributed by atoms with E-state index < -0.39 is 0 Å². The van der Waals surface area contributed by atoms with E-state index in [9.17, 15) is 0 Å². The molecule has 3 rings (SSSR count). The van der Waals surface area contributed by atoms with Gasteiger partial charge in [-0.1, -0.05) is 17.3 Å². The highest BCUT2D eigenvalue weighted by atomic mass is 32.1. The van der Waals surface area contributed by atoms with Crippen LogP contribution in [0.15, 0.2) is 0 Å². The molecule has 1 aromatic heterocycles. The summed E-state index contributed by atoms with van der Waals surface area (Å²) in [6.07, 6.45) is 8.50. The number of aromatic nitrogens is 2. The van der Waals surface area contributed by atoms with E-state index in [0.717, 1.165) is 29.2 Å². The summed E-state index contributed by atoms with van der Waals surface area (Å²) in [5, 5.41) is 8.61. The summed E-state index contributed by atoms with van der Waals surface area (Å²) in [7, 11) is 1.96. The van der Waals surface area contributed by atoms with Crippen molar-refractivity contribution in [1.82, 2.24) is 14.5 Å². The molecular weight excluding hydrogens is 244 g/mol. The lowest BCUT2D eigenvalue weighted by Gasteiger charge is -2.28. The van der Waals surface area contributed by atoms with Gasteiger partial charge in [0.1, 0.15) is 10.7 Å². The Morgan fingerprint density at radius 2 is 2.11 bits per heavy atom. The first-order valence-corrected chi connectivity index (χ1v) is 7.89. The highest BCUT2D eigenvalue weighted by molar-refractivity contribution is 7.10. The van der Waals surface area contributed by atoms with Gasteiger partial charge in [0.05, 0.1) is 0 Å². The van der Waals surface area contributed by atoms with Crippen LogP contribution in [0.3, 0.4) is 0 Å². The fourth-order valence-corrected chi connectivity index (χ4v) is 4.14. The molecule has 0 amide bonds. The van der Waals surface area contributed by atoms with Gasteiger partial charge in [-0.2, -0.15) is 0 Å². The summed E-state index contributed by atoms with van der Waals surface area (Å²) in [5.74, 6) is 0.942. The molecule has 100 valence electrons. The normalized spacial score (nSPS) is 25.9. The first kappa shape index (κ1) is 12.4. The minimum atomic E-state index is 0.805. The monoisotopic (exact) mass is 266 g/mol. The third-order valence-corrected chi connectivity index (χ3v) is 5.28. The Balaban J connectivity index is 1.67. The van der Waals surface area contributed by atoms with E-state index in [1.165, 1.54) is 56.6 Å². The molecular formula is C13H22N4S. The van der Waals surface area contributed by atoms with Crippen LogP contribution in [0.25, 0.3) is 0 Å². The zero-order chi connectivity index (χ0) is 12.4. The number of likely N-dealkylation sites (tertiary alicyclic amines) is 1. The molecule has 1 saturated heterocycles. The van der Waals surface area contributed by atoms with Crippen LogP contribution in [0.4, 0.5) is 5.00 Å². The van der Waals surface area contributed by atoms with Gasteiger partial charge in [-0.3, -0.25) is 4.90 Å². The van der Waals surface area contributed by atoms with E-state index in [4.69, 9.17) is 0 Å². The number of rotatable bonds is 4. The first-order chi connectivity index (χ1) is 8.88. The number of hydrogen-bond donors (Lipinski definition) is 1. The van der Waals surface area contributed by atoms with Crippen LogP contribution < -0.4 is 5.32 Å². The molecule has 1 atom stereocenters. The topological polar surface area (TPSA) is 41.1 Å². The van der Waals surface area contributed by atoms with Crippen LogP contribution >= 0.6 is 11.5 Å². The maximum absolute atomic E-state index is 4.28. The largest absolute Gasteiger partial charge is 0.377 e. The van der Waals surface area contributed by atoms with Crippen LogP contribution in [-0.4, -0.2) is 34.1 Å². The summed E-state index contributed by atoms with van der Waals surface area (Å²) in [4.78, 5) is 2.65. The number of nitrogens with one attached hydrogen (secondary N) is 1. The molecule has 1 aliphatic carbocycles. The quantitative estimate of drug-likeness (QED) is 0.910. The summed E-state index contributed by atoms with van der Waals surface area (Å²) < 4.78 is 4.06. The lowest BCUT2D eigenvalue weighted by atomic mass is 9.96. The van der Waals surface area contributed by atoms with Gasteiger partial charge in [-0.25, -0.2) is 0 Å². The van der Waals surface area contributed by atoms with Crippen LogP contribution in [0.1, 0.15) is 44.2 Å². The molecule has 0 aromatic carbocycles. The third-order valence-electron chi connectivity index (χ3n) is 4.49. The van der Waals surface area contributed by atoms with Gasteiger partial charge in [-0.15, -0.1) is 5.10 Å². The van der Waals surface area contributed by atoms with Crippen molar-refractivity contribution < 1.29 is 0 Å². The average Bonchev–Trinajstić information content (AvgIpc) is 3.09. The SMILES string of the molecule is CNc1snnc1CN1CCCC1C1CCCC1. The van der Waals surface area contributed by atoms with Crippen molar-refractivity contribution in [3.05, 3.63) is 5.69 Å². The second-order valence-corrected chi connectivity index (χ2v) is 6.28. The van der Waals surface area contributed by atoms with Gasteiger partial charge in [0.15, 0.2) is 0 Å². The van der Waals surface area contributed by atoms with Gasteiger partial charge in [0, 0.05) is 31.2 Å². The van der Waals surface area contributed by atoms with Crippen LogP contribution in [0.5, 0.6) is 0 Å². The Labute approximate surface area is 113 Å². The van der Waals surface area contributed by atoms with E-state index in [2.05, 4.69) is 19.8 Å². The molecule has 1 N–H and O–H groups in total. The number of nitrogens with zero attached hydrogens (tertiary/aromatic N) is 3.